The summed E-state index contributed by atoms with van der Waals surface area (Å²) >= 11 is 0. The molecular weight excluding hydrogens is 435 g/mol. The molecule has 1 aliphatic heterocycles. The predicted octanol–water partition coefficient (Wildman–Crippen LogP) is 2.06. The Labute approximate surface area is 166 Å². The molecule has 8 heteroatoms. The highest BCUT2D eigenvalue weighted by Crippen LogP contribution is 2.19. The highest BCUT2D eigenvalue weighted by Gasteiger charge is 2.26. The molecule has 2 heterocycles. The lowest BCUT2D eigenvalue weighted by Crippen LogP contribution is -2.46. The molecule has 25 heavy (non-hydrogen) atoms. The number of nitrogens with one attached hydrogen (secondary N) is 1. The summed E-state index contributed by atoms with van der Waals surface area (Å²) in [6.45, 7) is 4.68. The van der Waals surface area contributed by atoms with E-state index in [2.05, 4.69) is 20.2 Å². The number of aromatic nitrogens is 1. The summed E-state index contributed by atoms with van der Waals surface area (Å²) in [5.41, 5.74) is 0.991. The van der Waals surface area contributed by atoms with E-state index in [-0.39, 0.29) is 35.9 Å². The number of likely N-dealkylation sites (tertiary alicyclic amines) is 1. The van der Waals surface area contributed by atoms with Crippen molar-refractivity contribution < 1.29 is 14.3 Å². The minimum atomic E-state index is -0.116. The molecule has 7 nitrogen and oxygen atoms in total. The third-order valence-electron chi connectivity index (χ3n) is 4.11. The van der Waals surface area contributed by atoms with Crippen LogP contribution < -0.4 is 10.1 Å². The minimum Gasteiger partial charge on any atom is -0.478 e. The van der Waals surface area contributed by atoms with Gasteiger partial charge in [0.05, 0.1) is 19.6 Å². The van der Waals surface area contributed by atoms with Gasteiger partial charge < -0.3 is 19.7 Å². The topological polar surface area (TPSA) is 76.0 Å². The molecule has 1 fully saturated rings. The highest BCUT2D eigenvalue weighted by atomic mass is 127. The molecule has 0 unspecified atom stereocenters. The maximum atomic E-state index is 11.6. The highest BCUT2D eigenvalue weighted by molar-refractivity contribution is 14.0. The molecule has 1 N–H and O–H groups in total. The van der Waals surface area contributed by atoms with Crippen molar-refractivity contribution in [1.82, 2.24) is 15.2 Å². The lowest BCUT2D eigenvalue weighted by Gasteiger charge is -2.33. The van der Waals surface area contributed by atoms with Crippen molar-refractivity contribution >= 4 is 35.9 Å². The molecule has 1 aliphatic rings. The number of rotatable bonds is 5. The number of halogens is 1. The number of methoxy groups -OCH3 is 1. The first kappa shape index (κ1) is 21.5. The first-order valence-corrected chi connectivity index (χ1v) is 8.29. The van der Waals surface area contributed by atoms with Crippen molar-refractivity contribution in [2.24, 2.45) is 10.9 Å². The molecule has 0 radical (unpaired) electrons. The molecule has 0 spiro atoms. The van der Waals surface area contributed by atoms with Crippen molar-refractivity contribution in [3.05, 3.63) is 23.9 Å². The summed E-state index contributed by atoms with van der Waals surface area (Å²) in [6.07, 6.45) is 3.29. The van der Waals surface area contributed by atoms with Crippen LogP contribution in [-0.2, 0) is 16.1 Å². The van der Waals surface area contributed by atoms with Crippen molar-refractivity contribution in [2.75, 3.05) is 33.9 Å². The zero-order chi connectivity index (χ0) is 17.4. The van der Waals surface area contributed by atoms with Gasteiger partial charge in [-0.05, 0) is 25.8 Å². The Hall–Kier alpha value is -1.58. The van der Waals surface area contributed by atoms with Gasteiger partial charge in [-0.15, -0.1) is 24.0 Å². The smallest absolute Gasteiger partial charge is 0.308 e. The van der Waals surface area contributed by atoms with E-state index in [0.717, 1.165) is 37.5 Å². The molecule has 140 valence electrons. The quantitative estimate of drug-likeness (QED) is 0.313. The minimum absolute atomic E-state index is 0. The van der Waals surface area contributed by atoms with E-state index < -0.39 is 0 Å². The zero-order valence-electron chi connectivity index (χ0n) is 15.0. The Morgan fingerprint density at radius 1 is 1.44 bits per heavy atom. The SMILES string of the molecule is CCOc1ncccc1CNC(=NC)N1CCC(C(=O)OC)CC1.I. The van der Waals surface area contributed by atoms with Gasteiger partial charge in [-0.25, -0.2) is 4.98 Å². The van der Waals surface area contributed by atoms with Crippen molar-refractivity contribution in [2.45, 2.75) is 26.3 Å². The number of carbonyl (C=O) groups is 1. The number of nitrogens with zero attached hydrogens (tertiary/aromatic N) is 3. The molecule has 0 amide bonds. The van der Waals surface area contributed by atoms with E-state index in [1.54, 1.807) is 13.2 Å². The fourth-order valence-electron chi connectivity index (χ4n) is 2.83. The standard InChI is InChI=1S/C17H26N4O3.HI/c1-4-24-15-14(6-5-9-19-15)12-20-17(18-2)21-10-7-13(8-11-21)16(22)23-3;/h5-6,9,13H,4,7-8,10-12H2,1-3H3,(H,18,20);1H. The van der Waals surface area contributed by atoms with Gasteiger partial charge in [-0.1, -0.05) is 6.07 Å². The molecule has 0 aliphatic carbocycles. The second-order valence-corrected chi connectivity index (χ2v) is 5.59. The molecule has 0 aromatic carbocycles. The molecule has 1 aromatic rings. The number of guanidine groups is 1. The average molecular weight is 462 g/mol. The summed E-state index contributed by atoms with van der Waals surface area (Å²) in [5.74, 6) is 1.35. The van der Waals surface area contributed by atoms with Crippen LogP contribution in [-0.4, -0.2) is 55.7 Å². The number of hydrogen-bond acceptors (Lipinski definition) is 5. The number of piperidine rings is 1. The first-order valence-electron chi connectivity index (χ1n) is 8.29. The molecule has 0 saturated carbocycles. The number of esters is 1. The van der Waals surface area contributed by atoms with Crippen LogP contribution in [0.25, 0.3) is 0 Å². The second-order valence-electron chi connectivity index (χ2n) is 5.59. The van der Waals surface area contributed by atoms with E-state index in [1.165, 1.54) is 7.11 Å². The Morgan fingerprint density at radius 2 is 2.16 bits per heavy atom. The van der Waals surface area contributed by atoms with Crippen LogP contribution in [0.4, 0.5) is 0 Å². The Balaban J connectivity index is 0.00000312. The van der Waals surface area contributed by atoms with Crippen LogP contribution >= 0.6 is 24.0 Å². The Kier molecular flexibility index (Phi) is 9.54. The van der Waals surface area contributed by atoms with E-state index >= 15 is 0 Å². The summed E-state index contributed by atoms with van der Waals surface area (Å²) < 4.78 is 10.4. The van der Waals surface area contributed by atoms with Crippen LogP contribution in [0, 0.1) is 5.92 Å². The third-order valence-corrected chi connectivity index (χ3v) is 4.11. The number of hydrogen-bond donors (Lipinski definition) is 1. The normalized spacial score (nSPS) is 15.3. The monoisotopic (exact) mass is 462 g/mol. The van der Waals surface area contributed by atoms with Gasteiger partial charge in [0.1, 0.15) is 0 Å². The van der Waals surface area contributed by atoms with Crippen LogP contribution in [0.3, 0.4) is 0 Å². The molecule has 1 saturated heterocycles. The van der Waals surface area contributed by atoms with Crippen LogP contribution in [0.15, 0.2) is 23.3 Å². The summed E-state index contributed by atoms with van der Waals surface area (Å²) in [5, 5.41) is 3.35. The fraction of sp³-hybridized carbons (Fsp3) is 0.588. The van der Waals surface area contributed by atoms with Gasteiger partial charge in [-0.2, -0.15) is 0 Å². The third kappa shape index (κ3) is 6.02. The number of ether oxygens (including phenoxy) is 2. The van der Waals surface area contributed by atoms with E-state index in [9.17, 15) is 4.79 Å². The molecule has 0 atom stereocenters. The lowest BCUT2D eigenvalue weighted by molar-refractivity contribution is -0.146. The number of carbonyl (C=O) groups excluding carboxylic acids is 1. The second kappa shape index (κ2) is 11.1. The molecule has 2 rings (SSSR count). The van der Waals surface area contributed by atoms with Crippen molar-refractivity contribution in [1.29, 1.82) is 0 Å². The zero-order valence-corrected chi connectivity index (χ0v) is 17.4. The summed E-state index contributed by atoms with van der Waals surface area (Å²) in [7, 11) is 3.21. The Morgan fingerprint density at radius 3 is 2.76 bits per heavy atom. The largest absolute Gasteiger partial charge is 0.478 e. The number of aliphatic imine (C=N–C) groups is 1. The van der Waals surface area contributed by atoms with Crippen LogP contribution in [0.5, 0.6) is 5.88 Å². The lowest BCUT2D eigenvalue weighted by atomic mass is 9.97. The molecule has 1 aromatic heterocycles. The van der Waals surface area contributed by atoms with Crippen molar-refractivity contribution in [3.63, 3.8) is 0 Å². The summed E-state index contributed by atoms with van der Waals surface area (Å²) in [6, 6.07) is 3.88. The van der Waals surface area contributed by atoms with Gasteiger partial charge in [0.2, 0.25) is 5.88 Å². The van der Waals surface area contributed by atoms with Gasteiger partial charge in [-0.3, -0.25) is 9.79 Å². The predicted molar refractivity (Wildman–Crippen MR) is 107 cm³/mol. The van der Waals surface area contributed by atoms with E-state index in [0.29, 0.717) is 19.0 Å². The fourth-order valence-corrected chi connectivity index (χ4v) is 2.83. The Bertz CT molecular complexity index is 575. The van der Waals surface area contributed by atoms with Crippen molar-refractivity contribution in [3.8, 4) is 5.88 Å². The molecular formula is C17H27IN4O3. The van der Waals surface area contributed by atoms with E-state index in [4.69, 9.17) is 9.47 Å². The maximum absolute atomic E-state index is 11.6. The van der Waals surface area contributed by atoms with E-state index in [1.807, 2.05) is 19.1 Å². The van der Waals surface area contributed by atoms with Gasteiger partial charge in [0.25, 0.3) is 0 Å². The number of pyridine rings is 1. The van der Waals surface area contributed by atoms with Gasteiger partial charge in [0.15, 0.2) is 5.96 Å². The first-order chi connectivity index (χ1) is 11.7. The van der Waals surface area contributed by atoms with Gasteiger partial charge in [0, 0.05) is 38.4 Å². The van der Waals surface area contributed by atoms with Crippen LogP contribution in [0.1, 0.15) is 25.3 Å². The average Bonchev–Trinajstić information content (AvgIpc) is 2.63. The summed E-state index contributed by atoms with van der Waals surface area (Å²) in [4.78, 5) is 22.4. The maximum Gasteiger partial charge on any atom is 0.308 e. The molecule has 0 bridgehead atoms. The van der Waals surface area contributed by atoms with Crippen LogP contribution in [0.2, 0.25) is 0 Å². The van der Waals surface area contributed by atoms with Gasteiger partial charge >= 0.3 is 5.97 Å².